The number of hydrogen-bond acceptors (Lipinski definition) is 7. The van der Waals surface area contributed by atoms with Crippen LogP contribution in [-0.2, 0) is 17.6 Å². The van der Waals surface area contributed by atoms with Crippen molar-refractivity contribution in [2.45, 2.75) is 19.3 Å². The summed E-state index contributed by atoms with van der Waals surface area (Å²) in [6.45, 7) is 4.89. The van der Waals surface area contributed by atoms with Gasteiger partial charge in [-0.15, -0.1) is 0 Å². The number of carbonyl (C=O) groups is 1. The summed E-state index contributed by atoms with van der Waals surface area (Å²) in [7, 11) is 1.52. The molecule has 9 heteroatoms. The van der Waals surface area contributed by atoms with E-state index in [0.717, 1.165) is 57.8 Å². The Labute approximate surface area is 191 Å². The van der Waals surface area contributed by atoms with Gasteiger partial charge in [0.1, 0.15) is 5.56 Å². The number of hydrogen-bond donors (Lipinski definition) is 2. The van der Waals surface area contributed by atoms with Crippen molar-refractivity contribution < 1.29 is 9.53 Å². The van der Waals surface area contributed by atoms with Crippen LogP contribution in [0.2, 0.25) is 0 Å². The summed E-state index contributed by atoms with van der Waals surface area (Å²) in [5.74, 6) is 0.0299. The second kappa shape index (κ2) is 9.29. The number of rotatable bonds is 6. The lowest BCUT2D eigenvalue weighted by atomic mass is 10.1. The Bertz CT molecular complexity index is 1250. The number of nitrogens with zero attached hydrogens (tertiary/aromatic N) is 4. The zero-order chi connectivity index (χ0) is 22.8. The van der Waals surface area contributed by atoms with Gasteiger partial charge in [-0.2, -0.15) is 4.98 Å². The molecule has 1 aliphatic carbocycles. The zero-order valence-electron chi connectivity index (χ0n) is 18.8. The Morgan fingerprint density at radius 2 is 2.00 bits per heavy atom. The first-order valence-corrected chi connectivity index (χ1v) is 11.4. The summed E-state index contributed by atoms with van der Waals surface area (Å²) in [6, 6.07) is 6.28. The summed E-state index contributed by atoms with van der Waals surface area (Å²) in [4.78, 5) is 36.8. The Morgan fingerprint density at radius 1 is 1.18 bits per heavy atom. The molecule has 0 spiro atoms. The maximum absolute atomic E-state index is 13.0. The molecule has 1 amide bonds. The minimum atomic E-state index is -0.426. The molecule has 0 atom stereocenters. The first-order chi connectivity index (χ1) is 16.1. The molecular formula is C24H28N6O3. The van der Waals surface area contributed by atoms with Crippen molar-refractivity contribution in [2.75, 3.05) is 51.8 Å². The van der Waals surface area contributed by atoms with Crippen LogP contribution in [0.4, 0.5) is 5.95 Å². The third kappa shape index (κ3) is 4.34. The lowest BCUT2D eigenvalue weighted by Gasteiger charge is -2.26. The molecule has 1 aliphatic heterocycles. The van der Waals surface area contributed by atoms with E-state index >= 15 is 0 Å². The highest BCUT2D eigenvalue weighted by Gasteiger charge is 2.19. The summed E-state index contributed by atoms with van der Waals surface area (Å²) >= 11 is 0. The number of amides is 1. The number of morpholine rings is 1. The van der Waals surface area contributed by atoms with Crippen molar-refractivity contribution in [1.29, 1.82) is 0 Å². The van der Waals surface area contributed by atoms with Crippen molar-refractivity contribution in [3.8, 4) is 5.69 Å². The second-order valence-electron chi connectivity index (χ2n) is 8.44. The van der Waals surface area contributed by atoms with Gasteiger partial charge in [-0.05, 0) is 42.5 Å². The van der Waals surface area contributed by atoms with Crippen LogP contribution in [0, 0.1) is 0 Å². The molecule has 0 saturated carbocycles. The SMILES string of the molecule is CNC(=O)c1cn(-c2ccc3c(c2)CCC3)c2nc(NCCN3CCOCC3)ncc2c1=O. The third-order valence-corrected chi connectivity index (χ3v) is 6.39. The van der Waals surface area contributed by atoms with Crippen molar-refractivity contribution in [2.24, 2.45) is 0 Å². The molecular weight excluding hydrogens is 420 g/mol. The zero-order valence-corrected chi connectivity index (χ0v) is 18.8. The minimum Gasteiger partial charge on any atom is -0.379 e. The maximum Gasteiger partial charge on any atom is 0.256 e. The van der Waals surface area contributed by atoms with Gasteiger partial charge in [0.25, 0.3) is 5.91 Å². The monoisotopic (exact) mass is 448 g/mol. The number of ether oxygens (including phenoxy) is 1. The number of fused-ring (bicyclic) bond motifs is 2. The predicted octanol–water partition coefficient (Wildman–Crippen LogP) is 1.37. The van der Waals surface area contributed by atoms with E-state index in [1.165, 1.54) is 24.4 Å². The van der Waals surface area contributed by atoms with Gasteiger partial charge in [0.15, 0.2) is 5.65 Å². The quantitative estimate of drug-likeness (QED) is 0.587. The topological polar surface area (TPSA) is 101 Å². The summed E-state index contributed by atoms with van der Waals surface area (Å²) in [5, 5.41) is 6.15. The number of aromatic nitrogens is 3. The first kappa shape index (κ1) is 21.5. The lowest BCUT2D eigenvalue weighted by Crippen LogP contribution is -2.39. The highest BCUT2D eigenvalue weighted by atomic mass is 16.5. The molecule has 3 aromatic rings. The average Bonchev–Trinajstić information content (AvgIpc) is 3.32. The standard InChI is InChI=1S/C24H28N6O3/c1-25-23(32)20-15-30(18-6-5-16-3-2-4-17(16)13-18)22-19(21(20)31)14-27-24(28-22)26-7-8-29-9-11-33-12-10-29/h5-6,13-15H,2-4,7-12H2,1H3,(H,25,32)(H,26,27,28). The normalized spacial score (nSPS) is 16.0. The molecule has 33 heavy (non-hydrogen) atoms. The van der Waals surface area contributed by atoms with Gasteiger partial charge in [-0.25, -0.2) is 4.98 Å². The first-order valence-electron chi connectivity index (χ1n) is 11.4. The van der Waals surface area contributed by atoms with Gasteiger partial charge in [0, 0.05) is 51.3 Å². The molecule has 1 aromatic carbocycles. The second-order valence-corrected chi connectivity index (χ2v) is 8.44. The van der Waals surface area contributed by atoms with E-state index in [-0.39, 0.29) is 11.0 Å². The molecule has 5 rings (SSSR count). The maximum atomic E-state index is 13.0. The van der Waals surface area contributed by atoms with Crippen LogP contribution >= 0.6 is 0 Å². The number of pyridine rings is 1. The van der Waals surface area contributed by atoms with Crippen molar-refractivity contribution in [3.63, 3.8) is 0 Å². The fraction of sp³-hybridized carbons (Fsp3) is 0.417. The highest BCUT2D eigenvalue weighted by molar-refractivity contribution is 5.97. The largest absolute Gasteiger partial charge is 0.379 e. The van der Waals surface area contributed by atoms with E-state index in [9.17, 15) is 9.59 Å². The summed E-state index contributed by atoms with van der Waals surface area (Å²) in [5.41, 5.74) is 3.72. The van der Waals surface area contributed by atoms with E-state index in [1.807, 2.05) is 10.6 Å². The van der Waals surface area contributed by atoms with Crippen LogP contribution in [0.3, 0.4) is 0 Å². The van der Waals surface area contributed by atoms with Crippen molar-refractivity contribution >= 4 is 22.9 Å². The van der Waals surface area contributed by atoms with E-state index in [2.05, 4.69) is 37.6 Å². The molecule has 0 unspecified atom stereocenters. The molecule has 1 saturated heterocycles. The van der Waals surface area contributed by atoms with Crippen LogP contribution in [0.1, 0.15) is 27.9 Å². The molecule has 1 fully saturated rings. The fourth-order valence-electron chi connectivity index (χ4n) is 4.55. The molecule has 2 aliphatic rings. The number of carbonyl (C=O) groups excluding carboxylic acids is 1. The van der Waals surface area contributed by atoms with Gasteiger partial charge in [-0.1, -0.05) is 6.07 Å². The fourth-order valence-corrected chi connectivity index (χ4v) is 4.55. The average molecular weight is 449 g/mol. The van der Waals surface area contributed by atoms with Crippen molar-refractivity contribution in [3.05, 3.63) is 57.5 Å². The molecule has 2 aromatic heterocycles. The van der Waals surface area contributed by atoms with Gasteiger partial charge < -0.3 is 19.9 Å². The number of benzene rings is 1. The van der Waals surface area contributed by atoms with Crippen LogP contribution < -0.4 is 16.1 Å². The van der Waals surface area contributed by atoms with Crippen LogP contribution in [0.25, 0.3) is 16.7 Å². The van der Waals surface area contributed by atoms with E-state index in [4.69, 9.17) is 4.74 Å². The molecule has 2 N–H and O–H groups in total. The van der Waals surface area contributed by atoms with Crippen LogP contribution in [0.15, 0.2) is 35.4 Å². The van der Waals surface area contributed by atoms with Crippen LogP contribution in [0.5, 0.6) is 0 Å². The molecule has 172 valence electrons. The number of nitrogens with one attached hydrogen (secondary N) is 2. The molecule has 3 heterocycles. The van der Waals surface area contributed by atoms with E-state index in [0.29, 0.717) is 23.5 Å². The summed E-state index contributed by atoms with van der Waals surface area (Å²) < 4.78 is 7.22. The minimum absolute atomic E-state index is 0.0714. The Hall–Kier alpha value is -3.30. The van der Waals surface area contributed by atoms with Gasteiger partial charge in [0.05, 0.1) is 18.6 Å². The number of anilines is 1. The van der Waals surface area contributed by atoms with Gasteiger partial charge in [-0.3, -0.25) is 14.5 Å². The number of aryl methyl sites for hydroxylation is 2. The Balaban J connectivity index is 1.52. The van der Waals surface area contributed by atoms with E-state index in [1.54, 1.807) is 6.20 Å². The third-order valence-electron chi connectivity index (χ3n) is 6.39. The smallest absolute Gasteiger partial charge is 0.256 e. The lowest BCUT2D eigenvalue weighted by molar-refractivity contribution is 0.0398. The van der Waals surface area contributed by atoms with Gasteiger partial charge in [0.2, 0.25) is 11.4 Å². The summed E-state index contributed by atoms with van der Waals surface area (Å²) in [6.07, 6.45) is 6.37. The predicted molar refractivity (Wildman–Crippen MR) is 126 cm³/mol. The van der Waals surface area contributed by atoms with Crippen LogP contribution in [-0.4, -0.2) is 71.8 Å². The Kier molecular flexibility index (Phi) is 6.06. The highest BCUT2D eigenvalue weighted by Crippen LogP contribution is 2.26. The van der Waals surface area contributed by atoms with Gasteiger partial charge >= 0.3 is 0 Å². The Morgan fingerprint density at radius 3 is 2.82 bits per heavy atom. The molecule has 0 radical (unpaired) electrons. The molecule has 0 bridgehead atoms. The van der Waals surface area contributed by atoms with Crippen molar-refractivity contribution in [1.82, 2.24) is 24.8 Å². The molecule has 9 nitrogen and oxygen atoms in total. The van der Waals surface area contributed by atoms with E-state index < -0.39 is 5.91 Å².